The van der Waals surface area contributed by atoms with Gasteiger partial charge in [-0.05, 0) is 24.3 Å². The first-order valence-corrected chi connectivity index (χ1v) is 7.39. The summed E-state index contributed by atoms with van der Waals surface area (Å²) in [4.78, 5) is 2.55. The van der Waals surface area contributed by atoms with Gasteiger partial charge < -0.3 is 15.0 Å². The van der Waals surface area contributed by atoms with Gasteiger partial charge in [-0.25, -0.2) is 0 Å². The summed E-state index contributed by atoms with van der Waals surface area (Å²) in [6.07, 6.45) is 1.21. The van der Waals surface area contributed by atoms with E-state index in [9.17, 15) is 0 Å². The lowest BCUT2D eigenvalue weighted by molar-refractivity contribution is 0.100. The van der Waals surface area contributed by atoms with Gasteiger partial charge in [0.05, 0.1) is 6.61 Å². The van der Waals surface area contributed by atoms with Gasteiger partial charge in [0, 0.05) is 33.3 Å². The molecule has 0 radical (unpaired) electrons. The molecule has 0 saturated heterocycles. The molecule has 0 rings (SSSR count). The Morgan fingerprint density at radius 3 is 2.39 bits per heavy atom. The van der Waals surface area contributed by atoms with Crippen LogP contribution in [0, 0.1) is 11.3 Å². The molecule has 1 unspecified atom stereocenters. The Morgan fingerprint density at radius 2 is 1.94 bits per heavy atom. The molecule has 0 spiro atoms. The predicted octanol–water partition coefficient (Wildman–Crippen LogP) is 2.62. The fourth-order valence-electron chi connectivity index (χ4n) is 2.23. The van der Waals surface area contributed by atoms with Crippen LogP contribution < -0.4 is 5.32 Å². The third kappa shape index (κ3) is 8.06. The largest absolute Gasteiger partial charge is 0.383 e. The van der Waals surface area contributed by atoms with E-state index in [1.165, 1.54) is 6.42 Å². The van der Waals surface area contributed by atoms with Crippen molar-refractivity contribution in [3.8, 4) is 0 Å². The molecule has 0 aromatic rings. The van der Waals surface area contributed by atoms with Crippen molar-refractivity contribution in [1.82, 2.24) is 10.2 Å². The van der Waals surface area contributed by atoms with Crippen LogP contribution in [0.15, 0.2) is 0 Å². The van der Waals surface area contributed by atoms with Gasteiger partial charge in [-0.15, -0.1) is 0 Å². The number of nitrogens with one attached hydrogen (secondary N) is 1. The van der Waals surface area contributed by atoms with Gasteiger partial charge >= 0.3 is 0 Å². The number of methoxy groups -OCH3 is 1. The Kier molecular flexibility index (Phi) is 9.70. The zero-order valence-corrected chi connectivity index (χ0v) is 13.4. The van der Waals surface area contributed by atoms with E-state index in [1.54, 1.807) is 7.11 Å². The molecule has 0 aromatic heterocycles. The molecule has 1 atom stereocenters. The Bertz CT molecular complexity index is 197. The molecule has 0 heterocycles. The predicted molar refractivity (Wildman–Crippen MR) is 80.1 cm³/mol. The van der Waals surface area contributed by atoms with Crippen LogP contribution in [0.1, 0.15) is 41.0 Å². The number of nitrogens with zero attached hydrogens (tertiary/aromatic N) is 1. The standard InChI is InChI=1S/C15H34N2O/c1-7-15(5,12-16-8-2)13-17(9-10-18-6)11-14(3)4/h14,16H,7-13H2,1-6H3. The van der Waals surface area contributed by atoms with Crippen molar-refractivity contribution in [2.45, 2.75) is 41.0 Å². The summed E-state index contributed by atoms with van der Waals surface area (Å²) in [5.74, 6) is 0.710. The summed E-state index contributed by atoms with van der Waals surface area (Å²) in [6.45, 7) is 17.7. The molecule has 110 valence electrons. The molecule has 18 heavy (non-hydrogen) atoms. The summed E-state index contributed by atoms with van der Waals surface area (Å²) < 4.78 is 5.23. The van der Waals surface area contributed by atoms with Gasteiger partial charge in [-0.1, -0.05) is 34.6 Å². The highest BCUT2D eigenvalue weighted by Gasteiger charge is 2.25. The quantitative estimate of drug-likeness (QED) is 0.616. The summed E-state index contributed by atoms with van der Waals surface area (Å²) in [7, 11) is 1.78. The minimum absolute atomic E-state index is 0.360. The van der Waals surface area contributed by atoms with E-state index in [1.807, 2.05) is 0 Å². The number of ether oxygens (including phenoxy) is 1. The van der Waals surface area contributed by atoms with Crippen molar-refractivity contribution in [2.75, 3.05) is 46.4 Å². The molecule has 0 aromatic carbocycles. The van der Waals surface area contributed by atoms with Gasteiger partial charge in [-0.2, -0.15) is 0 Å². The summed E-state index contributed by atoms with van der Waals surface area (Å²) in [5, 5.41) is 3.50. The molecular formula is C15H34N2O. The lowest BCUT2D eigenvalue weighted by Gasteiger charge is -2.36. The molecular weight excluding hydrogens is 224 g/mol. The molecule has 1 N–H and O–H groups in total. The maximum absolute atomic E-state index is 5.23. The molecule has 0 aliphatic heterocycles. The molecule has 0 aliphatic carbocycles. The minimum atomic E-state index is 0.360. The average molecular weight is 258 g/mol. The van der Waals surface area contributed by atoms with Crippen molar-refractivity contribution in [2.24, 2.45) is 11.3 Å². The maximum Gasteiger partial charge on any atom is 0.0589 e. The second-order valence-corrected chi connectivity index (χ2v) is 6.07. The number of hydrogen-bond donors (Lipinski definition) is 1. The van der Waals surface area contributed by atoms with Gasteiger partial charge in [-0.3, -0.25) is 0 Å². The topological polar surface area (TPSA) is 24.5 Å². The number of rotatable bonds is 11. The first kappa shape index (κ1) is 17.9. The van der Waals surface area contributed by atoms with Crippen LogP contribution in [0.4, 0.5) is 0 Å². The van der Waals surface area contributed by atoms with Crippen LogP contribution in [-0.4, -0.2) is 51.3 Å². The third-order valence-electron chi connectivity index (χ3n) is 3.50. The summed E-state index contributed by atoms with van der Waals surface area (Å²) in [5.41, 5.74) is 0.360. The number of hydrogen-bond acceptors (Lipinski definition) is 3. The van der Waals surface area contributed by atoms with Crippen LogP contribution >= 0.6 is 0 Å². The van der Waals surface area contributed by atoms with Crippen molar-refractivity contribution in [3.05, 3.63) is 0 Å². The monoisotopic (exact) mass is 258 g/mol. The lowest BCUT2D eigenvalue weighted by Crippen LogP contribution is -2.44. The molecule has 0 fully saturated rings. The Labute approximate surface area is 114 Å². The highest BCUT2D eigenvalue weighted by Crippen LogP contribution is 2.22. The van der Waals surface area contributed by atoms with E-state index in [-0.39, 0.29) is 0 Å². The van der Waals surface area contributed by atoms with E-state index in [0.717, 1.165) is 39.3 Å². The van der Waals surface area contributed by atoms with Crippen LogP contribution in [0.25, 0.3) is 0 Å². The van der Waals surface area contributed by atoms with Crippen LogP contribution in [0.3, 0.4) is 0 Å². The second kappa shape index (κ2) is 9.76. The normalized spacial score (nSPS) is 15.3. The molecule has 0 aliphatic rings. The Morgan fingerprint density at radius 1 is 1.28 bits per heavy atom. The van der Waals surface area contributed by atoms with Gasteiger partial charge in [0.25, 0.3) is 0 Å². The fourth-order valence-corrected chi connectivity index (χ4v) is 2.23. The van der Waals surface area contributed by atoms with Crippen molar-refractivity contribution >= 4 is 0 Å². The van der Waals surface area contributed by atoms with E-state index >= 15 is 0 Å². The second-order valence-electron chi connectivity index (χ2n) is 6.07. The first-order chi connectivity index (χ1) is 8.47. The van der Waals surface area contributed by atoms with Crippen molar-refractivity contribution in [1.29, 1.82) is 0 Å². The van der Waals surface area contributed by atoms with Crippen LogP contribution in [0.5, 0.6) is 0 Å². The Balaban J connectivity index is 4.38. The third-order valence-corrected chi connectivity index (χ3v) is 3.50. The van der Waals surface area contributed by atoms with E-state index in [4.69, 9.17) is 4.74 Å². The van der Waals surface area contributed by atoms with Gasteiger partial charge in [0.1, 0.15) is 0 Å². The molecule has 3 nitrogen and oxygen atoms in total. The SMILES string of the molecule is CCNCC(C)(CC)CN(CCOC)CC(C)C. The smallest absolute Gasteiger partial charge is 0.0589 e. The van der Waals surface area contributed by atoms with Crippen molar-refractivity contribution in [3.63, 3.8) is 0 Å². The highest BCUT2D eigenvalue weighted by molar-refractivity contribution is 4.80. The van der Waals surface area contributed by atoms with E-state index in [2.05, 4.69) is 44.8 Å². The van der Waals surface area contributed by atoms with E-state index < -0.39 is 0 Å². The first-order valence-electron chi connectivity index (χ1n) is 7.39. The minimum Gasteiger partial charge on any atom is -0.383 e. The zero-order valence-electron chi connectivity index (χ0n) is 13.4. The highest BCUT2D eigenvalue weighted by atomic mass is 16.5. The molecule has 0 bridgehead atoms. The lowest BCUT2D eigenvalue weighted by atomic mass is 9.86. The fraction of sp³-hybridized carbons (Fsp3) is 1.00. The summed E-state index contributed by atoms with van der Waals surface area (Å²) in [6, 6.07) is 0. The average Bonchev–Trinajstić information content (AvgIpc) is 2.33. The summed E-state index contributed by atoms with van der Waals surface area (Å²) >= 11 is 0. The van der Waals surface area contributed by atoms with E-state index in [0.29, 0.717) is 11.3 Å². The maximum atomic E-state index is 5.23. The Hall–Kier alpha value is -0.120. The zero-order chi connectivity index (χ0) is 14.0. The van der Waals surface area contributed by atoms with Gasteiger partial charge in [0.2, 0.25) is 0 Å². The molecule has 3 heteroatoms. The molecule has 0 saturated carbocycles. The molecule has 0 amide bonds. The van der Waals surface area contributed by atoms with Crippen LogP contribution in [-0.2, 0) is 4.74 Å². The van der Waals surface area contributed by atoms with Crippen LogP contribution in [0.2, 0.25) is 0 Å². The van der Waals surface area contributed by atoms with Crippen molar-refractivity contribution < 1.29 is 4.74 Å². The van der Waals surface area contributed by atoms with Gasteiger partial charge in [0.15, 0.2) is 0 Å².